The first-order valence-electron chi connectivity index (χ1n) is 24.5. The average Bonchev–Trinajstić information content (AvgIpc) is 2.52. The molecule has 2 aliphatic rings. The largest absolute Gasteiger partial charge is 0.207 e. The summed E-state index contributed by atoms with van der Waals surface area (Å²) in [4.78, 5) is 12.2. The van der Waals surface area contributed by atoms with Gasteiger partial charge < -0.3 is 0 Å². The highest BCUT2D eigenvalue weighted by molar-refractivity contribution is 8.00. The summed E-state index contributed by atoms with van der Waals surface area (Å²) >= 11 is 5.65. The molecule has 20 heteroatoms. The number of fused-ring (bicyclic) bond motifs is 4. The van der Waals surface area contributed by atoms with E-state index in [-0.39, 0.29) is 10.9 Å². The molecule has 0 aromatic heterocycles. The zero-order valence-corrected chi connectivity index (χ0v) is 44.7. The van der Waals surface area contributed by atoms with E-state index in [1.807, 2.05) is 35.3 Å². The highest BCUT2D eigenvalue weighted by Crippen LogP contribution is 2.44. The Balaban J connectivity index is 0.000000172. The summed E-state index contributed by atoms with van der Waals surface area (Å²) in [6, 6.07) is 55.2. The van der Waals surface area contributed by atoms with Crippen molar-refractivity contribution >= 4 is 74.2 Å². The van der Waals surface area contributed by atoms with Crippen molar-refractivity contribution in [2.45, 2.75) is 56.9 Å². The van der Waals surface area contributed by atoms with Crippen LogP contribution >= 0.6 is 35.3 Å². The summed E-state index contributed by atoms with van der Waals surface area (Å²) in [5.41, 5.74) is -3.68. The van der Waals surface area contributed by atoms with E-state index in [0.29, 0.717) is 12.1 Å². The van der Waals surface area contributed by atoms with Crippen LogP contribution in [0.4, 0.5) is 65.9 Å². The van der Waals surface area contributed by atoms with Crippen LogP contribution in [0.5, 0.6) is 0 Å². The number of rotatable bonds is 9. The van der Waals surface area contributed by atoms with Crippen LogP contribution in [0, 0.1) is 87.3 Å². The van der Waals surface area contributed by atoms with Crippen LogP contribution in [0.1, 0.15) is 22.3 Å². The van der Waals surface area contributed by atoms with Gasteiger partial charge in [-0.05, 0) is 120 Å². The maximum atomic E-state index is 15.3. The molecule has 0 saturated carbocycles. The Morgan fingerprint density at radius 3 is 1.07 bits per heavy atom. The molecule has 82 heavy (non-hydrogen) atoms. The van der Waals surface area contributed by atoms with Gasteiger partial charge in [-0.25, -0.2) is 65.9 Å². The average molecular weight is 1200 g/mol. The highest BCUT2D eigenvalue weighted by atomic mass is 32.2. The second-order valence-electron chi connectivity index (χ2n) is 18.7. The molecule has 10 aromatic carbocycles. The molecule has 0 aliphatic carbocycles. The van der Waals surface area contributed by atoms with E-state index in [1.165, 1.54) is 66.3 Å². The maximum Gasteiger partial charge on any atom is 0.200 e. The van der Waals surface area contributed by atoms with Crippen LogP contribution in [0.25, 0.3) is 0 Å². The van der Waals surface area contributed by atoms with Crippen LogP contribution in [0.2, 0.25) is 0 Å². The molecule has 0 fully saturated rings. The lowest BCUT2D eigenvalue weighted by Gasteiger charge is -2.44. The second-order valence-corrected chi connectivity index (χ2v) is 24.1. The molecular formula is C62H32BF15S4. The summed E-state index contributed by atoms with van der Waals surface area (Å²) in [5.74, 6) is -45.5. The summed E-state index contributed by atoms with van der Waals surface area (Å²) in [7, 11) is -0.169. The molecule has 412 valence electrons. The zero-order chi connectivity index (χ0) is 57.9. The maximum absolute atomic E-state index is 15.3. The third-order valence-electron chi connectivity index (χ3n) is 14.1. The van der Waals surface area contributed by atoms with Gasteiger partial charge in [0, 0.05) is 29.4 Å². The Kier molecular flexibility index (Phi) is 15.7. The van der Waals surface area contributed by atoms with Crippen molar-refractivity contribution in [2.75, 3.05) is 0 Å². The Hall–Kier alpha value is -7.39. The lowest BCUT2D eigenvalue weighted by Crippen LogP contribution is -2.79. The van der Waals surface area contributed by atoms with Gasteiger partial charge in [0.1, 0.15) is 41.0 Å². The van der Waals surface area contributed by atoms with Gasteiger partial charge in [0.25, 0.3) is 0 Å². The topological polar surface area (TPSA) is 0 Å². The van der Waals surface area contributed by atoms with Crippen molar-refractivity contribution in [2.24, 2.45) is 0 Å². The quantitative estimate of drug-likeness (QED) is 0.0465. The molecule has 0 bridgehead atoms. The van der Waals surface area contributed by atoms with Crippen molar-refractivity contribution in [1.82, 2.24) is 0 Å². The van der Waals surface area contributed by atoms with E-state index in [9.17, 15) is 39.5 Å². The lowest BCUT2D eigenvalue weighted by molar-refractivity contribution is 0.380. The lowest BCUT2D eigenvalue weighted by atomic mass is 9.12. The van der Waals surface area contributed by atoms with Gasteiger partial charge in [-0.15, -0.1) is 16.4 Å². The summed E-state index contributed by atoms with van der Waals surface area (Å²) in [6.45, 7) is 0. The van der Waals surface area contributed by atoms with Crippen LogP contribution < -0.4 is 21.9 Å². The Morgan fingerprint density at radius 2 is 0.622 bits per heavy atom. The third-order valence-corrected chi connectivity index (χ3v) is 19.7. The minimum absolute atomic E-state index is 0.169. The monoisotopic (exact) mass is 1200 g/mol. The first-order chi connectivity index (χ1) is 39.4. The number of hydrogen-bond donors (Lipinski definition) is 0. The van der Waals surface area contributed by atoms with E-state index >= 15 is 26.3 Å². The number of halogens is 15. The van der Waals surface area contributed by atoms with Crippen molar-refractivity contribution in [3.8, 4) is 0 Å². The Bertz CT molecular complexity index is 3910. The summed E-state index contributed by atoms with van der Waals surface area (Å²) < 4.78 is 220. The number of benzene rings is 10. The molecule has 2 heterocycles. The van der Waals surface area contributed by atoms with E-state index < -0.39 is 115 Å². The fraction of sp³-hybridized carbons (Fsp3) is 0.0323. The van der Waals surface area contributed by atoms with E-state index in [4.69, 9.17) is 0 Å². The predicted molar refractivity (Wildman–Crippen MR) is 288 cm³/mol. The van der Waals surface area contributed by atoms with Crippen molar-refractivity contribution in [3.63, 3.8) is 0 Å². The van der Waals surface area contributed by atoms with Crippen LogP contribution in [0.3, 0.4) is 0 Å². The Morgan fingerprint density at radius 1 is 0.293 bits per heavy atom. The van der Waals surface area contributed by atoms with Gasteiger partial charge in [-0.2, -0.15) is 5.46 Å². The highest BCUT2D eigenvalue weighted by Gasteiger charge is 2.49. The van der Waals surface area contributed by atoms with Gasteiger partial charge >= 0.3 is 0 Å². The summed E-state index contributed by atoms with van der Waals surface area (Å²) in [6.07, 6.45) is -3.71. The van der Waals surface area contributed by atoms with Gasteiger partial charge in [0.15, 0.2) is 67.0 Å². The molecule has 2 aliphatic heterocycles. The summed E-state index contributed by atoms with van der Waals surface area (Å²) in [5, 5.41) is 0. The van der Waals surface area contributed by atoms with Crippen LogP contribution in [-0.2, 0) is 23.7 Å². The smallest absolute Gasteiger partial charge is 0.200 e. The predicted octanol–water partition coefficient (Wildman–Crippen LogP) is 16.2. The van der Waals surface area contributed by atoms with Crippen molar-refractivity contribution < 1.29 is 65.9 Å². The molecule has 0 N–H and O–H groups in total. The van der Waals surface area contributed by atoms with Gasteiger partial charge in [0.2, 0.25) is 0 Å². The SMILES string of the molecule is Fc1c(F)c(F)c([B-](c2ccccc2)(c2c(F)c(F)c(F)c(F)c2F)c2c(F)c(F)c(F)c(F)c2F)c(F)c1F.c1ccc([S+](c2ccc(Sc3ccc4c(c3)Cc3ccccc3S4)cc2)c2ccc3c(c2)Cc2ccccc2S3)cc1. The molecular weight excluding hydrogens is 1170 g/mol. The zero-order valence-electron chi connectivity index (χ0n) is 41.5. The van der Waals surface area contributed by atoms with Crippen molar-refractivity contribution in [1.29, 1.82) is 0 Å². The van der Waals surface area contributed by atoms with Gasteiger partial charge in [-0.1, -0.05) is 120 Å². The van der Waals surface area contributed by atoms with Crippen molar-refractivity contribution in [3.05, 3.63) is 279 Å². The fourth-order valence-electron chi connectivity index (χ4n) is 10.3. The molecule has 10 aromatic rings. The van der Waals surface area contributed by atoms with Crippen LogP contribution in [0.15, 0.2) is 214 Å². The molecule has 0 spiro atoms. The van der Waals surface area contributed by atoms with Gasteiger partial charge in [-0.3, -0.25) is 0 Å². The van der Waals surface area contributed by atoms with Gasteiger partial charge in [0.05, 0.1) is 10.9 Å². The molecule has 1 unspecified atom stereocenters. The van der Waals surface area contributed by atoms with Crippen LogP contribution in [-0.4, -0.2) is 6.15 Å². The normalized spacial score (nSPS) is 12.9. The molecule has 0 radical (unpaired) electrons. The Labute approximate surface area is 473 Å². The van der Waals surface area contributed by atoms with E-state index in [1.54, 1.807) is 0 Å². The molecule has 1 atom stereocenters. The molecule has 0 nitrogen and oxygen atoms in total. The standard InChI is InChI=1S/C38H27S4.C24H5BF15/c1-2-10-32(11-3-1)42(34-19-21-38-29(25-34)23-27-9-5-7-13-36(27)41-38)33-17-14-30(15-18-33)39-31-16-20-37-28(24-31)22-26-8-4-6-12-35(26)40-37;26-10-7(11(27)17(33)22(38)16(10)32)25(6-4-2-1-3-5-6,8-12(28)18(34)23(39)19(35)13(8)29)9-14(30)20(36)24(40)21(37)15(9)31/h1-21,24-25H,22-23H2;1-5H/q+1;-1. The van der Waals surface area contributed by atoms with E-state index in [2.05, 4.69) is 140 Å². The fourth-order valence-corrected chi connectivity index (χ4v) is 15.5. The molecule has 0 amide bonds. The minimum Gasteiger partial charge on any atom is -0.207 e. The first-order valence-corrected chi connectivity index (χ1v) is 28.2. The first kappa shape index (κ1) is 56.5. The molecule has 12 rings (SSSR count). The third kappa shape index (κ3) is 9.83. The van der Waals surface area contributed by atoms with E-state index in [0.717, 1.165) is 31.0 Å². The number of hydrogen-bond acceptors (Lipinski definition) is 3. The molecule has 0 saturated heterocycles. The minimum atomic E-state index is -5.72. The second kappa shape index (κ2) is 22.8.